The zero-order chi connectivity index (χ0) is 12.2. The van der Waals surface area contributed by atoms with E-state index in [1.807, 2.05) is 12.1 Å². The monoisotopic (exact) mass is 209 g/mol. The molecule has 0 atom stereocenters. The van der Waals surface area contributed by atoms with Crippen LogP contribution in [-0.4, -0.2) is 0 Å². The van der Waals surface area contributed by atoms with E-state index in [2.05, 4.69) is 45.0 Å². The molecular formula is C16H16. The summed E-state index contributed by atoms with van der Waals surface area (Å²) < 4.78 is 7.80. The number of hydrogen-bond acceptors (Lipinski definition) is 0. The molecule has 0 saturated heterocycles. The first-order valence-electron chi connectivity index (χ1n) is 6.23. The third-order valence-corrected chi connectivity index (χ3v) is 3.75. The summed E-state index contributed by atoms with van der Waals surface area (Å²) in [4.78, 5) is 0. The highest BCUT2D eigenvalue weighted by atomic mass is 14.4. The molecule has 1 aliphatic rings. The highest BCUT2D eigenvalue weighted by molar-refractivity contribution is 5.82. The van der Waals surface area contributed by atoms with Gasteiger partial charge in [-0.05, 0) is 34.7 Å². The van der Waals surface area contributed by atoms with Crippen LogP contribution in [0.15, 0.2) is 42.4 Å². The number of hydrogen-bond donors (Lipinski definition) is 0. The van der Waals surface area contributed by atoms with E-state index in [4.69, 9.17) is 1.37 Å². The Balaban J connectivity index is 2.44. The molecule has 80 valence electrons. The van der Waals surface area contributed by atoms with Crippen molar-refractivity contribution in [3.05, 3.63) is 59.1 Å². The topological polar surface area (TPSA) is 0 Å². The second-order valence-corrected chi connectivity index (χ2v) is 5.09. The molecule has 2 aromatic rings. The molecule has 16 heavy (non-hydrogen) atoms. The van der Waals surface area contributed by atoms with Crippen LogP contribution in [0.2, 0.25) is 0 Å². The van der Waals surface area contributed by atoms with Crippen molar-refractivity contribution in [2.24, 2.45) is 0 Å². The van der Waals surface area contributed by atoms with Crippen molar-refractivity contribution in [1.82, 2.24) is 0 Å². The quantitative estimate of drug-likeness (QED) is 0.606. The largest absolute Gasteiger partial charge is 0.0623 e. The van der Waals surface area contributed by atoms with Crippen LogP contribution in [0, 0.1) is 6.92 Å². The van der Waals surface area contributed by atoms with Crippen LogP contribution in [0.25, 0.3) is 11.1 Å². The molecule has 0 aromatic heterocycles. The van der Waals surface area contributed by atoms with Crippen molar-refractivity contribution in [2.45, 2.75) is 26.2 Å². The Hall–Kier alpha value is -1.56. The zero-order valence-electron chi connectivity index (χ0n) is 11.0. The van der Waals surface area contributed by atoms with E-state index < -0.39 is 0 Å². The molecule has 0 radical (unpaired) electrons. The van der Waals surface area contributed by atoms with Crippen molar-refractivity contribution in [2.75, 3.05) is 0 Å². The highest BCUT2D eigenvalue weighted by Crippen LogP contribution is 2.49. The van der Waals surface area contributed by atoms with Crippen LogP contribution in [0.5, 0.6) is 0 Å². The third-order valence-electron chi connectivity index (χ3n) is 3.75. The average Bonchev–Trinajstić information content (AvgIpc) is 2.49. The van der Waals surface area contributed by atoms with E-state index in [0.717, 1.165) is 0 Å². The lowest BCUT2D eigenvalue weighted by molar-refractivity contribution is 0.660. The lowest BCUT2D eigenvalue weighted by Crippen LogP contribution is -2.14. The zero-order valence-corrected chi connectivity index (χ0v) is 9.96. The maximum absolute atomic E-state index is 7.80. The Morgan fingerprint density at radius 1 is 1.00 bits per heavy atom. The molecule has 0 bridgehead atoms. The summed E-state index contributed by atoms with van der Waals surface area (Å²) in [6, 6.07) is 13.1. The second kappa shape index (κ2) is 2.98. The van der Waals surface area contributed by atoms with Gasteiger partial charge in [0.25, 0.3) is 0 Å². The Bertz CT molecular complexity index is 609. The van der Waals surface area contributed by atoms with Crippen molar-refractivity contribution >= 4 is 0 Å². The minimum Gasteiger partial charge on any atom is -0.0619 e. The van der Waals surface area contributed by atoms with Crippen molar-refractivity contribution in [3.63, 3.8) is 0 Å². The molecule has 3 rings (SSSR count). The molecule has 1 aliphatic carbocycles. The standard InChI is InChI=1S/C16H16/c1-11-7-6-10-14-15(11)12-8-4-5-9-13(12)16(14,2)3/h4-10H,1-3H3/i4D. The molecule has 0 fully saturated rings. The first kappa shape index (κ1) is 8.58. The maximum atomic E-state index is 7.80. The molecule has 2 aromatic carbocycles. The van der Waals surface area contributed by atoms with Gasteiger partial charge in [0.2, 0.25) is 0 Å². The Morgan fingerprint density at radius 2 is 1.75 bits per heavy atom. The first-order valence-corrected chi connectivity index (χ1v) is 5.73. The third kappa shape index (κ3) is 1.05. The van der Waals surface area contributed by atoms with Gasteiger partial charge < -0.3 is 0 Å². The molecule has 0 amide bonds. The minimum atomic E-state index is 0.0599. The molecule has 0 unspecified atom stereocenters. The predicted molar refractivity (Wildman–Crippen MR) is 68.7 cm³/mol. The summed E-state index contributed by atoms with van der Waals surface area (Å²) in [5.74, 6) is 0. The Labute approximate surface area is 98.3 Å². The van der Waals surface area contributed by atoms with Gasteiger partial charge in [-0.25, -0.2) is 0 Å². The summed E-state index contributed by atoms with van der Waals surface area (Å²) in [5, 5.41) is 0. The fourth-order valence-electron chi connectivity index (χ4n) is 2.87. The average molecular weight is 209 g/mol. The Morgan fingerprint density at radius 3 is 2.56 bits per heavy atom. The molecule has 0 aliphatic heterocycles. The molecule has 0 heterocycles. The van der Waals surface area contributed by atoms with Gasteiger partial charge in [0.1, 0.15) is 0 Å². The minimum absolute atomic E-state index is 0.0599. The SMILES string of the molecule is [2H]c1ccc2c(c1)-c1c(C)cccc1C2(C)C. The summed E-state index contributed by atoms with van der Waals surface area (Å²) in [5.41, 5.74) is 6.68. The van der Waals surface area contributed by atoms with E-state index in [1.165, 1.54) is 27.8 Å². The predicted octanol–water partition coefficient (Wildman–Crippen LogP) is 4.30. The first-order chi connectivity index (χ1) is 8.01. The van der Waals surface area contributed by atoms with Crippen molar-refractivity contribution < 1.29 is 1.37 Å². The van der Waals surface area contributed by atoms with Gasteiger partial charge in [-0.2, -0.15) is 0 Å². The normalized spacial score (nSPS) is 16.6. The summed E-state index contributed by atoms with van der Waals surface area (Å²) in [6.45, 7) is 6.68. The smallest absolute Gasteiger partial charge is 0.0619 e. The van der Waals surface area contributed by atoms with Gasteiger partial charge in [0.05, 0.1) is 1.37 Å². The van der Waals surface area contributed by atoms with E-state index in [1.54, 1.807) is 0 Å². The number of rotatable bonds is 0. The number of benzene rings is 2. The van der Waals surface area contributed by atoms with Crippen LogP contribution in [-0.2, 0) is 5.41 Å². The number of fused-ring (bicyclic) bond motifs is 3. The Kier molecular flexibility index (Phi) is 1.59. The highest BCUT2D eigenvalue weighted by Gasteiger charge is 2.35. The second-order valence-electron chi connectivity index (χ2n) is 5.09. The van der Waals surface area contributed by atoms with Gasteiger partial charge >= 0.3 is 0 Å². The van der Waals surface area contributed by atoms with Crippen LogP contribution in [0.3, 0.4) is 0 Å². The van der Waals surface area contributed by atoms with E-state index in [0.29, 0.717) is 6.04 Å². The van der Waals surface area contributed by atoms with Gasteiger partial charge in [0.15, 0.2) is 0 Å². The van der Waals surface area contributed by atoms with Crippen LogP contribution >= 0.6 is 0 Å². The lowest BCUT2D eigenvalue weighted by Gasteiger charge is -2.21. The van der Waals surface area contributed by atoms with Crippen molar-refractivity contribution in [3.8, 4) is 11.1 Å². The summed E-state index contributed by atoms with van der Waals surface area (Å²) >= 11 is 0. The van der Waals surface area contributed by atoms with Gasteiger partial charge in [-0.15, -0.1) is 0 Å². The van der Waals surface area contributed by atoms with E-state index in [9.17, 15) is 0 Å². The molecule has 0 N–H and O–H groups in total. The molecule has 0 nitrogen and oxygen atoms in total. The molecule has 0 heteroatoms. The van der Waals surface area contributed by atoms with Crippen LogP contribution in [0.1, 0.15) is 31.9 Å². The van der Waals surface area contributed by atoms with Gasteiger partial charge in [-0.1, -0.05) is 56.3 Å². The van der Waals surface area contributed by atoms with Crippen LogP contribution in [0.4, 0.5) is 0 Å². The van der Waals surface area contributed by atoms with Crippen molar-refractivity contribution in [1.29, 1.82) is 0 Å². The number of aryl methyl sites for hydroxylation is 1. The van der Waals surface area contributed by atoms with Gasteiger partial charge in [0, 0.05) is 5.41 Å². The summed E-state index contributed by atoms with van der Waals surface area (Å²) in [6.07, 6.45) is 0. The molecule has 0 saturated carbocycles. The molecule has 0 spiro atoms. The van der Waals surface area contributed by atoms with E-state index in [-0.39, 0.29) is 5.41 Å². The molecular weight excluding hydrogens is 192 g/mol. The van der Waals surface area contributed by atoms with Gasteiger partial charge in [-0.3, -0.25) is 0 Å². The van der Waals surface area contributed by atoms with E-state index >= 15 is 0 Å². The summed E-state index contributed by atoms with van der Waals surface area (Å²) in [7, 11) is 0. The maximum Gasteiger partial charge on any atom is 0.0623 e. The lowest BCUT2D eigenvalue weighted by atomic mass is 9.82. The fraction of sp³-hybridized carbons (Fsp3) is 0.250. The van der Waals surface area contributed by atoms with Crippen LogP contribution < -0.4 is 0 Å². The fourth-order valence-corrected chi connectivity index (χ4v) is 2.87.